The number of hydrogen-bond acceptors (Lipinski definition) is 4. The van der Waals surface area contributed by atoms with Crippen molar-refractivity contribution < 1.29 is 22.7 Å². The van der Waals surface area contributed by atoms with Crippen molar-refractivity contribution in [3.63, 3.8) is 0 Å². The number of aromatic amines is 1. The van der Waals surface area contributed by atoms with Gasteiger partial charge in [-0.15, -0.1) is 0 Å². The van der Waals surface area contributed by atoms with Crippen LogP contribution in [0.25, 0.3) is 0 Å². The van der Waals surface area contributed by atoms with E-state index >= 15 is 0 Å². The van der Waals surface area contributed by atoms with E-state index in [4.69, 9.17) is 4.74 Å². The van der Waals surface area contributed by atoms with Crippen LogP contribution < -0.4 is 15.6 Å². The topological polar surface area (TPSA) is 84.1 Å². The number of ether oxygens (including phenoxy) is 1. The number of methoxy groups -OCH3 is 1. The third kappa shape index (κ3) is 4.09. The molecule has 9 heteroatoms. The number of aromatic nitrogens is 2. The zero-order valence-electron chi connectivity index (χ0n) is 11.9. The van der Waals surface area contributed by atoms with Gasteiger partial charge in [-0.05, 0) is 23.8 Å². The van der Waals surface area contributed by atoms with Crippen LogP contribution in [0, 0.1) is 0 Å². The molecule has 2 rings (SSSR count). The van der Waals surface area contributed by atoms with Crippen LogP contribution in [0.2, 0.25) is 0 Å². The number of carbonyl (C=O) groups is 1. The van der Waals surface area contributed by atoms with E-state index in [0.717, 1.165) is 6.07 Å². The first-order chi connectivity index (χ1) is 10.8. The van der Waals surface area contributed by atoms with Crippen LogP contribution >= 0.6 is 0 Å². The van der Waals surface area contributed by atoms with Crippen molar-refractivity contribution in [2.75, 3.05) is 7.11 Å². The molecule has 0 saturated heterocycles. The highest BCUT2D eigenvalue weighted by Crippen LogP contribution is 2.26. The van der Waals surface area contributed by atoms with Gasteiger partial charge in [0, 0.05) is 18.8 Å². The molecule has 0 atom stereocenters. The van der Waals surface area contributed by atoms with Crippen molar-refractivity contribution >= 4 is 5.91 Å². The summed E-state index contributed by atoms with van der Waals surface area (Å²) in [6.07, 6.45) is -3.20. The summed E-state index contributed by atoms with van der Waals surface area (Å²) in [7, 11) is 1.44. The fourth-order valence-electron chi connectivity index (χ4n) is 1.77. The Morgan fingerprint density at radius 1 is 1.35 bits per heavy atom. The fourth-order valence-corrected chi connectivity index (χ4v) is 1.77. The first-order valence-corrected chi connectivity index (χ1v) is 6.39. The number of amides is 1. The summed E-state index contributed by atoms with van der Waals surface area (Å²) in [4.78, 5) is 29.0. The summed E-state index contributed by atoms with van der Waals surface area (Å²) in [6, 6.07) is 4.69. The van der Waals surface area contributed by atoms with E-state index in [0.29, 0.717) is 17.5 Å². The molecule has 2 aromatic rings. The molecule has 2 heterocycles. The lowest BCUT2D eigenvalue weighted by Crippen LogP contribution is -2.30. The predicted molar refractivity (Wildman–Crippen MR) is 74.0 cm³/mol. The van der Waals surface area contributed by atoms with E-state index < -0.39 is 28.9 Å². The Balaban J connectivity index is 2.10. The van der Waals surface area contributed by atoms with Gasteiger partial charge in [0.15, 0.2) is 0 Å². The average molecular weight is 327 g/mol. The minimum absolute atomic E-state index is 0.0676. The number of alkyl halides is 3. The van der Waals surface area contributed by atoms with Crippen LogP contribution in [0.15, 0.2) is 35.3 Å². The molecule has 1 amide bonds. The molecule has 0 spiro atoms. The first kappa shape index (κ1) is 16.5. The molecule has 0 fully saturated rings. The van der Waals surface area contributed by atoms with Gasteiger partial charge in [-0.2, -0.15) is 13.2 Å². The van der Waals surface area contributed by atoms with Gasteiger partial charge in [-0.1, -0.05) is 0 Å². The van der Waals surface area contributed by atoms with Crippen molar-refractivity contribution in [3.8, 4) is 5.88 Å². The molecular weight excluding hydrogens is 315 g/mol. The van der Waals surface area contributed by atoms with Gasteiger partial charge in [0.25, 0.3) is 11.5 Å². The van der Waals surface area contributed by atoms with Gasteiger partial charge in [-0.3, -0.25) is 9.59 Å². The van der Waals surface area contributed by atoms with Gasteiger partial charge in [0.1, 0.15) is 11.3 Å². The summed E-state index contributed by atoms with van der Waals surface area (Å²) in [6.45, 7) is 0.0676. The lowest BCUT2D eigenvalue weighted by molar-refractivity contribution is -0.141. The molecule has 0 radical (unpaired) electrons. The lowest BCUT2D eigenvalue weighted by Gasteiger charge is -2.08. The second-order valence-electron chi connectivity index (χ2n) is 4.50. The molecule has 0 saturated carbocycles. The van der Waals surface area contributed by atoms with Crippen molar-refractivity contribution in [2.45, 2.75) is 12.7 Å². The quantitative estimate of drug-likeness (QED) is 0.896. The summed E-state index contributed by atoms with van der Waals surface area (Å²) in [5, 5.41) is 2.44. The zero-order valence-corrected chi connectivity index (χ0v) is 11.9. The van der Waals surface area contributed by atoms with Crippen LogP contribution in [0.4, 0.5) is 13.2 Å². The Kier molecular flexibility index (Phi) is 4.68. The number of H-pyrrole nitrogens is 1. The molecule has 0 aliphatic heterocycles. The van der Waals surface area contributed by atoms with Crippen LogP contribution in [-0.4, -0.2) is 23.0 Å². The number of pyridine rings is 2. The largest absolute Gasteiger partial charge is 0.481 e. The molecule has 2 N–H and O–H groups in total. The van der Waals surface area contributed by atoms with E-state index in [1.165, 1.54) is 13.3 Å². The minimum Gasteiger partial charge on any atom is -0.481 e. The van der Waals surface area contributed by atoms with Gasteiger partial charge in [0.2, 0.25) is 5.88 Å². The van der Waals surface area contributed by atoms with E-state index in [1.807, 2.05) is 0 Å². The van der Waals surface area contributed by atoms with Crippen molar-refractivity contribution in [1.82, 2.24) is 15.3 Å². The molecule has 0 aliphatic carbocycles. The van der Waals surface area contributed by atoms with Gasteiger partial charge in [-0.25, -0.2) is 4.98 Å². The Morgan fingerprint density at radius 2 is 2.09 bits per heavy atom. The smallest absolute Gasteiger partial charge is 0.431 e. The second kappa shape index (κ2) is 6.51. The summed E-state index contributed by atoms with van der Waals surface area (Å²) >= 11 is 0. The van der Waals surface area contributed by atoms with Crippen LogP contribution in [0.3, 0.4) is 0 Å². The average Bonchev–Trinajstić information content (AvgIpc) is 2.51. The molecule has 0 aliphatic rings. The Hall–Kier alpha value is -2.84. The van der Waals surface area contributed by atoms with Crippen LogP contribution in [0.1, 0.15) is 21.6 Å². The highest BCUT2D eigenvalue weighted by Gasteiger charge is 2.32. The SMILES string of the molecule is COc1cc(CNC(=O)c2ccc(C(F)(F)F)[nH]c2=O)ccn1. The number of nitrogens with zero attached hydrogens (tertiary/aromatic N) is 1. The second-order valence-corrected chi connectivity index (χ2v) is 4.50. The maximum atomic E-state index is 12.5. The Morgan fingerprint density at radius 3 is 2.70 bits per heavy atom. The molecule has 0 bridgehead atoms. The maximum absolute atomic E-state index is 12.5. The highest BCUT2D eigenvalue weighted by molar-refractivity contribution is 5.93. The first-order valence-electron chi connectivity index (χ1n) is 6.39. The predicted octanol–water partition coefficient (Wildman–Crippen LogP) is 1.73. The molecule has 2 aromatic heterocycles. The van der Waals surface area contributed by atoms with E-state index in [-0.39, 0.29) is 6.54 Å². The summed E-state index contributed by atoms with van der Waals surface area (Å²) < 4.78 is 42.3. The monoisotopic (exact) mass is 327 g/mol. The summed E-state index contributed by atoms with van der Waals surface area (Å²) in [5.41, 5.74) is -2.06. The fraction of sp³-hybridized carbons (Fsp3) is 0.214. The number of nitrogens with one attached hydrogen (secondary N) is 2. The van der Waals surface area contributed by atoms with Gasteiger partial charge >= 0.3 is 6.18 Å². The Bertz CT molecular complexity index is 772. The van der Waals surface area contributed by atoms with E-state index in [2.05, 4.69) is 10.3 Å². The maximum Gasteiger partial charge on any atom is 0.431 e. The zero-order chi connectivity index (χ0) is 17.0. The number of halogens is 3. The molecule has 0 aromatic carbocycles. The van der Waals surface area contributed by atoms with Crippen LogP contribution in [0.5, 0.6) is 5.88 Å². The van der Waals surface area contributed by atoms with Crippen molar-refractivity contribution in [2.24, 2.45) is 0 Å². The number of carbonyl (C=O) groups excluding carboxylic acids is 1. The Labute approximate surface area is 128 Å². The van der Waals surface area contributed by atoms with Crippen molar-refractivity contribution in [1.29, 1.82) is 0 Å². The molecule has 23 heavy (non-hydrogen) atoms. The minimum atomic E-state index is -4.68. The van der Waals surface area contributed by atoms with E-state index in [1.54, 1.807) is 17.1 Å². The summed E-state index contributed by atoms with van der Waals surface area (Å²) in [5.74, 6) is -0.431. The third-order valence-corrected chi connectivity index (χ3v) is 2.92. The normalized spacial score (nSPS) is 11.1. The highest BCUT2D eigenvalue weighted by atomic mass is 19.4. The molecule has 6 nitrogen and oxygen atoms in total. The standard InChI is InChI=1S/C14H12F3N3O3/c1-23-11-6-8(4-5-18-11)7-19-12(21)9-2-3-10(14(15,16)17)20-13(9)22/h2-6H,7H2,1H3,(H,19,21)(H,20,22). The van der Waals surface area contributed by atoms with Gasteiger partial charge < -0.3 is 15.0 Å². The van der Waals surface area contributed by atoms with E-state index in [9.17, 15) is 22.8 Å². The number of rotatable bonds is 4. The third-order valence-electron chi connectivity index (χ3n) is 2.92. The van der Waals surface area contributed by atoms with Crippen molar-refractivity contribution in [3.05, 3.63) is 57.6 Å². The molecule has 122 valence electrons. The number of hydrogen-bond donors (Lipinski definition) is 2. The molecule has 0 unspecified atom stereocenters. The molecular formula is C14H12F3N3O3. The van der Waals surface area contributed by atoms with Gasteiger partial charge in [0.05, 0.1) is 7.11 Å². The van der Waals surface area contributed by atoms with Crippen LogP contribution in [-0.2, 0) is 12.7 Å². The lowest BCUT2D eigenvalue weighted by atomic mass is 10.2.